The molecule has 0 unspecified atom stereocenters. The molecule has 1 rings (SSSR count). The van der Waals surface area contributed by atoms with Crippen molar-refractivity contribution in [3.05, 3.63) is 27.0 Å². The Balaban J connectivity index is -0.000000513. The fourth-order valence-electron chi connectivity index (χ4n) is 1.12. The average Bonchev–Trinajstić information content (AvgIpc) is 3.03. The van der Waals surface area contributed by atoms with Gasteiger partial charge in [-0.3, -0.25) is 0 Å². The van der Waals surface area contributed by atoms with Gasteiger partial charge in [0.05, 0.1) is 13.6 Å². The quantitative estimate of drug-likeness (QED) is 0.358. The minimum absolute atomic E-state index is 0. The number of hydrogen-bond acceptors (Lipinski definition) is 8. The van der Waals surface area contributed by atoms with Crippen molar-refractivity contribution in [1.29, 1.82) is 0 Å². The molecule has 0 saturated heterocycles. The number of aryl methyl sites for hydroxylation is 2. The second kappa shape index (κ2) is 13.1. The monoisotopic (exact) mass is 689 g/mol. The molecule has 1 aromatic heterocycles. The molecule has 0 atom stereocenters. The fraction of sp³-hybridized carbons (Fsp3) is 0.700. The second-order valence-electron chi connectivity index (χ2n) is 5.74. The van der Waals surface area contributed by atoms with Gasteiger partial charge in [0.25, 0.3) is 0 Å². The van der Waals surface area contributed by atoms with Crippen LogP contribution in [0.3, 0.4) is 0 Å². The predicted octanol–water partition coefficient (Wildman–Crippen LogP) is 2.83. The summed E-state index contributed by atoms with van der Waals surface area (Å²) >= 11 is 0. The third kappa shape index (κ3) is 12.8. The van der Waals surface area contributed by atoms with Crippen LogP contribution in [0.4, 0.5) is 52.7 Å². The smallest absolute Gasteiger partial charge is 0.421 e. The lowest BCUT2D eigenvalue weighted by Crippen LogP contribution is -2.30. The van der Waals surface area contributed by atoms with E-state index in [1.54, 1.807) is 0 Å². The summed E-state index contributed by atoms with van der Waals surface area (Å²) in [5, 5.41) is 0. The van der Waals surface area contributed by atoms with Crippen LogP contribution in [-0.4, -0.2) is 60.3 Å². The summed E-state index contributed by atoms with van der Waals surface area (Å²) in [7, 11) is -24.9. The van der Waals surface area contributed by atoms with Crippen molar-refractivity contribution in [3.8, 4) is 0 Å². The first-order chi connectivity index (χ1) is 16.2. The third-order valence-electron chi connectivity index (χ3n) is 2.75. The standard InChI is InChI=1S/C6H11N2.2C2F6NO4S2.H3N/c1-3-8-5-4-7(2)6-8;2*3-1(4,5)14(10,11)9-15(12,13)2(6,7)8;/h4-6H,3H2,1-2H3;;;1H3/q+1;2*-1;/p+1. The molecule has 0 radical (unpaired) electrons. The van der Waals surface area contributed by atoms with Crippen molar-refractivity contribution in [2.45, 2.75) is 35.5 Å². The number of quaternary nitrogens is 1. The van der Waals surface area contributed by atoms with E-state index in [-0.39, 0.29) is 6.15 Å². The van der Waals surface area contributed by atoms with Crippen LogP contribution in [0.15, 0.2) is 18.7 Å². The summed E-state index contributed by atoms with van der Waals surface area (Å²) in [6.45, 7) is 3.18. The van der Waals surface area contributed by atoms with Gasteiger partial charge in [-0.1, -0.05) is 0 Å². The zero-order valence-electron chi connectivity index (χ0n) is 18.7. The molecule has 13 nitrogen and oxygen atoms in total. The summed E-state index contributed by atoms with van der Waals surface area (Å²) in [6, 6.07) is 0. The van der Waals surface area contributed by atoms with Gasteiger partial charge in [0.2, 0.25) is 6.33 Å². The van der Waals surface area contributed by atoms with E-state index >= 15 is 0 Å². The highest BCUT2D eigenvalue weighted by Gasteiger charge is 2.48. The molecule has 29 heteroatoms. The van der Waals surface area contributed by atoms with Crippen molar-refractivity contribution >= 4 is 40.1 Å². The lowest BCUT2D eigenvalue weighted by atomic mass is 10.7. The lowest BCUT2D eigenvalue weighted by Gasteiger charge is -2.22. The molecule has 4 N–H and O–H groups in total. The predicted molar refractivity (Wildman–Crippen MR) is 104 cm³/mol. The highest BCUT2D eigenvalue weighted by Crippen LogP contribution is 2.37. The number of sulfonamides is 4. The Kier molecular flexibility index (Phi) is 14.0. The fourth-order valence-corrected chi connectivity index (χ4v) is 4.54. The van der Waals surface area contributed by atoms with Gasteiger partial charge in [0.1, 0.15) is 12.4 Å². The number of imidazole rings is 1. The van der Waals surface area contributed by atoms with E-state index < -0.39 is 62.1 Å². The minimum atomic E-state index is -6.72. The molecule has 1 aromatic rings. The largest absolute Gasteiger partial charge is 0.480 e. The maximum atomic E-state index is 11.4. The van der Waals surface area contributed by atoms with Crippen molar-refractivity contribution < 1.29 is 90.9 Å². The van der Waals surface area contributed by atoms with Gasteiger partial charge >= 0.3 is 22.0 Å². The Morgan fingerprint density at radius 2 is 0.846 bits per heavy atom. The van der Waals surface area contributed by atoms with Crippen LogP contribution < -0.4 is 10.7 Å². The molecule has 1 heterocycles. The highest BCUT2D eigenvalue weighted by atomic mass is 32.3. The van der Waals surface area contributed by atoms with Gasteiger partial charge < -0.3 is 14.4 Å². The van der Waals surface area contributed by atoms with Gasteiger partial charge in [0, 0.05) is 0 Å². The number of hydrogen-bond donors (Lipinski definition) is 1. The topological polar surface area (TPSA) is 210 Å². The SMILES string of the molecule is CCn1cc[n+](C)c1.O=S(=O)([N-]S(=O)(=O)C(F)(F)F)C(F)(F)F.O=S(=O)([N-]S(=O)(=O)C(F)(F)F)C(F)(F)F.[NH4+]. The molecular weight excluding hydrogens is 674 g/mol. The number of aromatic nitrogens is 2. The molecule has 0 aliphatic carbocycles. The molecule has 236 valence electrons. The van der Waals surface area contributed by atoms with Gasteiger partial charge in [-0.25, -0.2) is 42.8 Å². The molecule has 39 heavy (non-hydrogen) atoms. The first-order valence-electron chi connectivity index (χ1n) is 7.98. The van der Waals surface area contributed by atoms with E-state index in [2.05, 4.69) is 24.0 Å². The van der Waals surface area contributed by atoms with Crippen molar-refractivity contribution in [2.24, 2.45) is 7.05 Å². The summed E-state index contributed by atoms with van der Waals surface area (Å²) in [5.74, 6) is 0. The van der Waals surface area contributed by atoms with E-state index in [0.29, 0.717) is 0 Å². The summed E-state index contributed by atoms with van der Waals surface area (Å²) in [5.41, 5.74) is -24.8. The van der Waals surface area contributed by atoms with Crippen molar-refractivity contribution in [1.82, 2.24) is 10.7 Å². The summed E-state index contributed by atoms with van der Waals surface area (Å²) in [4.78, 5) is 0. The molecule has 0 spiro atoms. The zero-order chi connectivity index (χ0) is 31.4. The summed E-state index contributed by atoms with van der Waals surface area (Å²) in [6.07, 6.45) is 6.14. The first-order valence-corrected chi connectivity index (χ1v) is 13.7. The Labute approximate surface area is 211 Å². The Bertz CT molecular complexity index is 1190. The van der Waals surface area contributed by atoms with Crippen LogP contribution >= 0.6 is 0 Å². The van der Waals surface area contributed by atoms with Crippen LogP contribution in [0.2, 0.25) is 0 Å². The van der Waals surface area contributed by atoms with E-state index in [1.165, 1.54) is 0 Å². The maximum absolute atomic E-state index is 11.4. The number of nitrogens with zero attached hydrogens (tertiary/aromatic N) is 4. The number of halogens is 12. The van der Waals surface area contributed by atoms with E-state index in [1.807, 2.05) is 17.8 Å². The van der Waals surface area contributed by atoms with Gasteiger partial charge in [-0.05, 0) is 6.92 Å². The second-order valence-corrected chi connectivity index (χ2v) is 12.6. The van der Waals surface area contributed by atoms with Crippen LogP contribution in [0.1, 0.15) is 6.92 Å². The van der Waals surface area contributed by atoms with E-state index in [0.717, 1.165) is 14.8 Å². The van der Waals surface area contributed by atoms with E-state index in [4.69, 9.17) is 0 Å². The Hall–Kier alpha value is -1.95. The van der Waals surface area contributed by atoms with Gasteiger partial charge in [-0.2, -0.15) is 52.7 Å². The average molecular weight is 690 g/mol. The van der Waals surface area contributed by atoms with Crippen molar-refractivity contribution in [3.63, 3.8) is 0 Å². The third-order valence-corrected chi connectivity index (χ3v) is 8.23. The normalized spacial score (nSPS) is 13.8. The molecule has 0 amide bonds. The van der Waals surface area contributed by atoms with Crippen LogP contribution in [-0.2, 0) is 53.7 Å². The van der Waals surface area contributed by atoms with Gasteiger partial charge in [-0.15, -0.1) is 0 Å². The molecule has 0 aliphatic heterocycles. The molecule has 0 saturated carbocycles. The van der Waals surface area contributed by atoms with Gasteiger partial charge in [0.15, 0.2) is 40.1 Å². The maximum Gasteiger partial charge on any atom is 0.480 e. The Morgan fingerprint density at radius 3 is 0.949 bits per heavy atom. The molecule has 0 aliphatic rings. The van der Waals surface area contributed by atoms with Crippen LogP contribution in [0, 0.1) is 0 Å². The van der Waals surface area contributed by atoms with E-state index in [9.17, 15) is 86.4 Å². The molecule has 0 aromatic carbocycles. The molecule has 0 bridgehead atoms. The number of alkyl halides is 12. The minimum Gasteiger partial charge on any atom is -0.421 e. The first kappa shape index (κ1) is 41.5. The Morgan fingerprint density at radius 1 is 0.615 bits per heavy atom. The number of rotatable bonds is 5. The molecule has 0 fully saturated rings. The van der Waals surface area contributed by atoms with Crippen molar-refractivity contribution in [2.75, 3.05) is 0 Å². The zero-order valence-corrected chi connectivity index (χ0v) is 21.9. The van der Waals surface area contributed by atoms with Crippen LogP contribution in [0.25, 0.3) is 8.25 Å². The molecular formula is C10H15F12N5O8S4. The van der Waals surface area contributed by atoms with Crippen LogP contribution in [0.5, 0.6) is 0 Å². The summed E-state index contributed by atoms with van der Waals surface area (Å²) < 4.78 is 223. The highest BCUT2D eigenvalue weighted by molar-refractivity contribution is 8.13. The lowest BCUT2D eigenvalue weighted by molar-refractivity contribution is -0.671.